The molecule has 0 bridgehead atoms. The van der Waals surface area contributed by atoms with Crippen molar-refractivity contribution < 1.29 is 4.57 Å². The first-order valence-corrected chi connectivity index (χ1v) is 10.0. The smallest absolute Gasteiger partial charge is 0.220 e. The first kappa shape index (κ1) is 18.4. The van der Waals surface area contributed by atoms with Crippen LogP contribution in [0.25, 0.3) is 33.2 Å². The van der Waals surface area contributed by atoms with E-state index in [1.54, 1.807) is 0 Å². The summed E-state index contributed by atoms with van der Waals surface area (Å²) in [6.45, 7) is 6.74. The quantitative estimate of drug-likeness (QED) is 0.392. The molecule has 4 rings (SSSR count). The van der Waals surface area contributed by atoms with Crippen molar-refractivity contribution >= 4 is 10.8 Å². The summed E-state index contributed by atoms with van der Waals surface area (Å²) in [6.07, 6.45) is 7.08. The molecule has 0 saturated carbocycles. The second-order valence-corrected chi connectivity index (χ2v) is 7.70. The molecule has 2 heteroatoms. The Morgan fingerprint density at radius 1 is 1.00 bits per heavy atom. The van der Waals surface area contributed by atoms with E-state index in [0.717, 1.165) is 12.0 Å². The van der Waals surface area contributed by atoms with Gasteiger partial charge in [-0.05, 0) is 59.5 Å². The normalized spacial score (nSPS) is 12.3. The van der Waals surface area contributed by atoms with E-state index in [4.69, 9.17) is 0 Å². The van der Waals surface area contributed by atoms with Gasteiger partial charge < -0.3 is 0 Å². The van der Waals surface area contributed by atoms with Crippen molar-refractivity contribution in [3.63, 3.8) is 0 Å². The average molecular weight is 368 g/mol. The summed E-state index contributed by atoms with van der Waals surface area (Å²) in [7, 11) is 2.13. The molecule has 0 aliphatic rings. The summed E-state index contributed by atoms with van der Waals surface area (Å²) in [6, 6.07) is 20.0. The molecule has 0 fully saturated rings. The lowest BCUT2D eigenvalue weighted by Crippen LogP contribution is -2.30. The number of rotatable bonds is 4. The van der Waals surface area contributed by atoms with Crippen LogP contribution in [0.15, 0.2) is 73.2 Å². The standard InChI is InChI=1S/C26H27N2/c1-5-18(2)20-10-11-24-22(15-20)12-14-28(4)26(24)25-16-21(9-8-19(25)3)23-7-6-13-27-17-23/h6-18H,5H2,1-4H3/q+1. The summed E-state index contributed by atoms with van der Waals surface area (Å²) in [5.74, 6) is 0.581. The van der Waals surface area contributed by atoms with Crippen molar-refractivity contribution in [2.24, 2.45) is 7.05 Å². The van der Waals surface area contributed by atoms with Crippen LogP contribution in [0, 0.1) is 6.92 Å². The maximum Gasteiger partial charge on any atom is 0.220 e. The molecule has 0 amide bonds. The molecule has 1 atom stereocenters. The second kappa shape index (κ2) is 7.55. The largest absolute Gasteiger partial charge is 0.264 e. The number of benzene rings is 2. The van der Waals surface area contributed by atoms with Crippen molar-refractivity contribution in [2.45, 2.75) is 33.1 Å². The first-order valence-electron chi connectivity index (χ1n) is 10.0. The Hall–Kier alpha value is -3.00. The third-order valence-electron chi connectivity index (χ3n) is 5.83. The third kappa shape index (κ3) is 3.31. The van der Waals surface area contributed by atoms with E-state index in [1.165, 1.54) is 38.7 Å². The Morgan fingerprint density at radius 2 is 1.86 bits per heavy atom. The number of aromatic nitrogens is 2. The number of nitrogens with zero attached hydrogens (tertiary/aromatic N) is 2. The minimum absolute atomic E-state index is 0.581. The second-order valence-electron chi connectivity index (χ2n) is 7.70. The number of fused-ring (bicyclic) bond motifs is 1. The third-order valence-corrected chi connectivity index (χ3v) is 5.83. The fraction of sp³-hybridized carbons (Fsp3) is 0.231. The molecule has 2 nitrogen and oxygen atoms in total. The molecular weight excluding hydrogens is 340 g/mol. The Kier molecular flexibility index (Phi) is 4.95. The van der Waals surface area contributed by atoms with Crippen molar-refractivity contribution in [1.29, 1.82) is 0 Å². The van der Waals surface area contributed by atoms with Gasteiger partial charge in [-0.1, -0.05) is 44.2 Å². The van der Waals surface area contributed by atoms with Crippen LogP contribution in [0.2, 0.25) is 0 Å². The molecule has 0 aliphatic carbocycles. The van der Waals surface area contributed by atoms with Crippen molar-refractivity contribution in [1.82, 2.24) is 4.98 Å². The van der Waals surface area contributed by atoms with Gasteiger partial charge in [-0.3, -0.25) is 4.98 Å². The molecule has 0 radical (unpaired) electrons. The predicted octanol–water partition coefficient (Wildman–Crippen LogP) is 6.22. The lowest BCUT2D eigenvalue weighted by atomic mass is 9.92. The van der Waals surface area contributed by atoms with Crippen LogP contribution in [0.5, 0.6) is 0 Å². The average Bonchev–Trinajstić information content (AvgIpc) is 2.74. The zero-order chi connectivity index (χ0) is 19.7. The molecule has 140 valence electrons. The lowest BCUT2D eigenvalue weighted by molar-refractivity contribution is -0.659. The van der Waals surface area contributed by atoms with Crippen molar-refractivity contribution in [2.75, 3.05) is 0 Å². The van der Waals surface area contributed by atoms with E-state index in [0.29, 0.717) is 5.92 Å². The van der Waals surface area contributed by atoms with Crippen LogP contribution in [-0.4, -0.2) is 4.98 Å². The lowest BCUT2D eigenvalue weighted by Gasteiger charge is -2.13. The van der Waals surface area contributed by atoms with Crippen LogP contribution >= 0.6 is 0 Å². The van der Waals surface area contributed by atoms with Gasteiger partial charge in [-0.15, -0.1) is 0 Å². The predicted molar refractivity (Wildman–Crippen MR) is 117 cm³/mol. The number of hydrogen-bond donors (Lipinski definition) is 0. The van der Waals surface area contributed by atoms with Crippen LogP contribution in [0.1, 0.15) is 37.3 Å². The van der Waals surface area contributed by atoms with Gasteiger partial charge in [0.05, 0.1) is 10.9 Å². The van der Waals surface area contributed by atoms with E-state index < -0.39 is 0 Å². The van der Waals surface area contributed by atoms with E-state index in [1.807, 2.05) is 18.5 Å². The van der Waals surface area contributed by atoms with Crippen LogP contribution in [0.4, 0.5) is 0 Å². The monoisotopic (exact) mass is 367 g/mol. The van der Waals surface area contributed by atoms with Gasteiger partial charge in [0, 0.05) is 24.0 Å². The van der Waals surface area contributed by atoms with E-state index >= 15 is 0 Å². The summed E-state index contributed by atoms with van der Waals surface area (Å²) in [5, 5.41) is 2.60. The zero-order valence-electron chi connectivity index (χ0n) is 17.1. The van der Waals surface area contributed by atoms with Crippen LogP contribution < -0.4 is 4.57 Å². The Bertz CT molecular complexity index is 1130. The summed E-state index contributed by atoms with van der Waals surface area (Å²) < 4.78 is 2.24. The van der Waals surface area contributed by atoms with Gasteiger partial charge in [0.25, 0.3) is 0 Å². The van der Waals surface area contributed by atoms with Gasteiger partial charge in [0.2, 0.25) is 5.69 Å². The highest BCUT2D eigenvalue weighted by Crippen LogP contribution is 2.33. The molecule has 0 saturated heterocycles. The fourth-order valence-electron chi connectivity index (χ4n) is 3.86. The fourth-order valence-corrected chi connectivity index (χ4v) is 3.86. The molecule has 0 aliphatic heterocycles. The summed E-state index contributed by atoms with van der Waals surface area (Å²) >= 11 is 0. The minimum Gasteiger partial charge on any atom is -0.264 e. The van der Waals surface area contributed by atoms with Gasteiger partial charge in [0.1, 0.15) is 7.05 Å². The Morgan fingerprint density at radius 3 is 2.61 bits per heavy atom. The molecule has 4 aromatic rings. The first-order chi connectivity index (χ1) is 13.6. The van der Waals surface area contributed by atoms with Gasteiger partial charge in [0.15, 0.2) is 6.20 Å². The molecular formula is C26H27N2+. The zero-order valence-corrected chi connectivity index (χ0v) is 17.1. The molecule has 0 spiro atoms. The molecule has 2 aromatic carbocycles. The summed E-state index contributed by atoms with van der Waals surface area (Å²) in [5.41, 5.74) is 7.56. The van der Waals surface area contributed by atoms with Crippen molar-refractivity contribution in [3.05, 3.63) is 84.3 Å². The van der Waals surface area contributed by atoms with Crippen molar-refractivity contribution in [3.8, 4) is 22.4 Å². The van der Waals surface area contributed by atoms with Gasteiger partial charge in [-0.2, -0.15) is 0 Å². The molecule has 2 heterocycles. The SMILES string of the molecule is CCC(C)c1ccc2c(-c3cc(-c4cccnc4)ccc3C)[n+](C)ccc2c1. The topological polar surface area (TPSA) is 16.8 Å². The maximum absolute atomic E-state index is 4.28. The molecule has 0 N–H and O–H groups in total. The number of pyridine rings is 2. The molecule has 28 heavy (non-hydrogen) atoms. The highest BCUT2D eigenvalue weighted by molar-refractivity contribution is 5.94. The highest BCUT2D eigenvalue weighted by Gasteiger charge is 2.18. The van der Waals surface area contributed by atoms with E-state index in [2.05, 4.69) is 92.1 Å². The molecule has 1 unspecified atom stereocenters. The minimum atomic E-state index is 0.581. The highest BCUT2D eigenvalue weighted by atomic mass is 14.9. The molecule has 2 aromatic heterocycles. The van der Waals surface area contributed by atoms with Crippen LogP contribution in [-0.2, 0) is 7.05 Å². The maximum atomic E-state index is 4.28. The number of hydrogen-bond acceptors (Lipinski definition) is 1. The number of aryl methyl sites for hydroxylation is 2. The van der Waals surface area contributed by atoms with Crippen LogP contribution in [0.3, 0.4) is 0 Å². The van der Waals surface area contributed by atoms with E-state index in [9.17, 15) is 0 Å². The summed E-state index contributed by atoms with van der Waals surface area (Å²) in [4.78, 5) is 4.28. The Balaban J connectivity index is 1.92. The van der Waals surface area contributed by atoms with Gasteiger partial charge in [-0.25, -0.2) is 4.57 Å². The Labute approximate surface area is 167 Å². The van der Waals surface area contributed by atoms with Gasteiger partial charge >= 0.3 is 0 Å². The van der Waals surface area contributed by atoms with E-state index in [-0.39, 0.29) is 0 Å².